The molecular formula is C17H33N3O3S. The molecule has 0 aromatic rings. The van der Waals surface area contributed by atoms with E-state index in [-0.39, 0.29) is 22.3 Å². The monoisotopic (exact) mass is 359 g/mol. The van der Waals surface area contributed by atoms with Crippen LogP contribution in [0.25, 0.3) is 0 Å². The number of amides is 1. The lowest BCUT2D eigenvalue weighted by atomic mass is 9.75. The largest absolute Gasteiger partial charge is 0.598 e. The molecule has 2 fully saturated rings. The average Bonchev–Trinajstić information content (AvgIpc) is 2.79. The van der Waals surface area contributed by atoms with E-state index in [0.29, 0.717) is 13.1 Å². The van der Waals surface area contributed by atoms with Crippen molar-refractivity contribution < 1.29 is 14.1 Å². The molecule has 0 unspecified atom stereocenters. The summed E-state index contributed by atoms with van der Waals surface area (Å²) in [6, 6.07) is 0.179. The molecule has 0 saturated carbocycles. The summed E-state index contributed by atoms with van der Waals surface area (Å²) in [7, 11) is 0. The molecule has 6 nitrogen and oxygen atoms in total. The van der Waals surface area contributed by atoms with Gasteiger partial charge in [-0.05, 0) is 54.4 Å². The van der Waals surface area contributed by atoms with Crippen molar-refractivity contribution in [2.45, 2.75) is 70.8 Å². The minimum atomic E-state index is -1.08. The lowest BCUT2D eigenvalue weighted by Gasteiger charge is -2.43. The summed E-state index contributed by atoms with van der Waals surface area (Å²) in [5, 5.41) is 3.44. The first-order chi connectivity index (χ1) is 10.9. The molecule has 2 N–H and O–H groups in total. The molecule has 2 rings (SSSR count). The Hall–Kier alpha value is -0.500. The van der Waals surface area contributed by atoms with Crippen molar-refractivity contribution in [2.24, 2.45) is 5.41 Å². The zero-order valence-electron chi connectivity index (χ0n) is 15.9. The van der Waals surface area contributed by atoms with Crippen molar-refractivity contribution >= 4 is 17.5 Å². The number of hydrogen-bond donors (Lipinski definition) is 2. The highest BCUT2D eigenvalue weighted by molar-refractivity contribution is 7.90. The fourth-order valence-electron chi connectivity index (χ4n) is 3.26. The van der Waals surface area contributed by atoms with Crippen molar-refractivity contribution in [2.75, 3.05) is 26.2 Å². The topological polar surface area (TPSA) is 76.7 Å². The molecule has 1 amide bonds. The minimum Gasteiger partial charge on any atom is -0.598 e. The van der Waals surface area contributed by atoms with Crippen LogP contribution >= 0.6 is 0 Å². The Balaban J connectivity index is 1.94. The van der Waals surface area contributed by atoms with E-state index in [2.05, 4.69) is 10.0 Å². The summed E-state index contributed by atoms with van der Waals surface area (Å²) in [6.45, 7) is 14.7. The number of nitrogens with one attached hydrogen (secondary N) is 2. The van der Waals surface area contributed by atoms with Crippen LogP contribution in [0.4, 0.5) is 4.79 Å². The third-order valence-corrected chi connectivity index (χ3v) is 6.39. The number of piperidine rings is 1. The Morgan fingerprint density at radius 1 is 1.25 bits per heavy atom. The smallest absolute Gasteiger partial charge is 0.410 e. The highest BCUT2D eigenvalue weighted by atomic mass is 32.2. The maximum atomic E-state index is 12.5. The van der Waals surface area contributed by atoms with E-state index in [0.717, 1.165) is 25.9 Å². The van der Waals surface area contributed by atoms with Gasteiger partial charge in [0.25, 0.3) is 0 Å². The minimum absolute atomic E-state index is 0.0689. The molecule has 2 aliphatic rings. The van der Waals surface area contributed by atoms with Gasteiger partial charge in [0.15, 0.2) is 0 Å². The van der Waals surface area contributed by atoms with Crippen molar-refractivity contribution in [1.29, 1.82) is 0 Å². The fraction of sp³-hybridized carbons (Fsp3) is 0.941. The van der Waals surface area contributed by atoms with Crippen LogP contribution in [0.5, 0.6) is 0 Å². The van der Waals surface area contributed by atoms with Crippen LogP contribution in [-0.4, -0.2) is 58.1 Å². The first-order valence-corrected chi connectivity index (χ1v) is 9.95. The SMILES string of the molecule is CC(C)(C)OC(=O)N1CCC2(CC1)CNC[C@H]2N[S@+]([O-])C(C)(C)C. The lowest BCUT2D eigenvalue weighted by Crippen LogP contribution is -2.55. The summed E-state index contributed by atoms with van der Waals surface area (Å²) >= 11 is -1.08. The summed E-state index contributed by atoms with van der Waals surface area (Å²) in [4.78, 5) is 14.0. The van der Waals surface area contributed by atoms with Gasteiger partial charge in [0, 0.05) is 43.0 Å². The molecular weight excluding hydrogens is 326 g/mol. The molecule has 2 aliphatic heterocycles. The maximum absolute atomic E-state index is 12.5. The van der Waals surface area contributed by atoms with Crippen LogP contribution in [-0.2, 0) is 16.1 Å². The number of ether oxygens (including phenoxy) is 1. The Bertz CT molecular complexity index is 451. The van der Waals surface area contributed by atoms with Crippen molar-refractivity contribution in [1.82, 2.24) is 14.9 Å². The number of rotatable bonds is 2. The van der Waals surface area contributed by atoms with Crippen molar-refractivity contribution in [3.63, 3.8) is 0 Å². The predicted octanol–water partition coefficient (Wildman–Crippen LogP) is 2.03. The Morgan fingerprint density at radius 3 is 2.33 bits per heavy atom. The maximum Gasteiger partial charge on any atom is 0.410 e. The summed E-state index contributed by atoms with van der Waals surface area (Å²) in [5.74, 6) is 0. The van der Waals surface area contributed by atoms with E-state index in [9.17, 15) is 9.35 Å². The van der Waals surface area contributed by atoms with E-state index in [1.807, 2.05) is 41.5 Å². The van der Waals surface area contributed by atoms with E-state index in [4.69, 9.17) is 4.74 Å². The Morgan fingerprint density at radius 2 is 1.83 bits per heavy atom. The lowest BCUT2D eigenvalue weighted by molar-refractivity contribution is 0.00995. The molecule has 0 aromatic carbocycles. The molecule has 1 spiro atoms. The third-order valence-electron chi connectivity index (χ3n) is 4.78. The zero-order valence-corrected chi connectivity index (χ0v) is 16.7. The van der Waals surface area contributed by atoms with Gasteiger partial charge < -0.3 is 19.5 Å². The molecule has 140 valence electrons. The molecule has 2 heterocycles. The van der Waals surface area contributed by atoms with Gasteiger partial charge in [0.2, 0.25) is 0 Å². The second-order valence-electron chi connectivity index (χ2n) is 9.01. The van der Waals surface area contributed by atoms with Gasteiger partial charge in [-0.15, -0.1) is 4.72 Å². The third kappa shape index (κ3) is 4.77. The van der Waals surface area contributed by atoms with E-state index < -0.39 is 17.0 Å². The highest BCUT2D eigenvalue weighted by Crippen LogP contribution is 2.38. The van der Waals surface area contributed by atoms with Gasteiger partial charge in [0.1, 0.15) is 10.3 Å². The first-order valence-electron chi connectivity index (χ1n) is 8.80. The molecule has 24 heavy (non-hydrogen) atoms. The van der Waals surface area contributed by atoms with E-state index in [1.54, 1.807) is 4.90 Å². The number of carbonyl (C=O) groups excluding carboxylic acids is 1. The normalized spacial score (nSPS) is 25.8. The van der Waals surface area contributed by atoms with Crippen LogP contribution < -0.4 is 10.0 Å². The second kappa shape index (κ2) is 7.02. The number of carbonyl (C=O) groups is 1. The second-order valence-corrected chi connectivity index (χ2v) is 11.0. The van der Waals surface area contributed by atoms with Crippen LogP contribution in [0.15, 0.2) is 0 Å². The predicted molar refractivity (Wildman–Crippen MR) is 97.2 cm³/mol. The molecule has 2 saturated heterocycles. The Labute approximate surface area is 149 Å². The number of likely N-dealkylation sites (tertiary alicyclic amines) is 1. The summed E-state index contributed by atoms with van der Waals surface area (Å²) < 4.78 is 21.0. The van der Waals surface area contributed by atoms with Gasteiger partial charge in [-0.2, -0.15) is 0 Å². The van der Waals surface area contributed by atoms with Crippen molar-refractivity contribution in [3.8, 4) is 0 Å². The fourth-order valence-corrected chi connectivity index (χ4v) is 4.21. The summed E-state index contributed by atoms with van der Waals surface area (Å²) in [5.41, 5.74) is -0.395. The molecule has 0 aliphatic carbocycles. The first kappa shape index (κ1) is 19.8. The van der Waals surface area contributed by atoms with Crippen LogP contribution in [0.2, 0.25) is 0 Å². The van der Waals surface area contributed by atoms with Crippen molar-refractivity contribution in [3.05, 3.63) is 0 Å². The highest BCUT2D eigenvalue weighted by Gasteiger charge is 2.48. The molecule has 0 bridgehead atoms. The van der Waals surface area contributed by atoms with Gasteiger partial charge in [0.05, 0.1) is 6.04 Å². The number of nitrogens with zero attached hydrogens (tertiary/aromatic N) is 1. The quantitative estimate of drug-likeness (QED) is 0.738. The van der Waals surface area contributed by atoms with Gasteiger partial charge >= 0.3 is 6.09 Å². The summed E-state index contributed by atoms with van der Waals surface area (Å²) in [6.07, 6.45) is 1.57. The van der Waals surface area contributed by atoms with E-state index >= 15 is 0 Å². The van der Waals surface area contributed by atoms with Crippen LogP contribution in [0.1, 0.15) is 54.4 Å². The number of hydrogen-bond acceptors (Lipinski definition) is 5. The van der Waals surface area contributed by atoms with Crippen LogP contribution in [0.3, 0.4) is 0 Å². The average molecular weight is 360 g/mol. The standard InChI is InChI=1S/C17H33N3O3S/c1-15(2,3)23-14(21)20-9-7-17(8-10-20)12-18-11-13(17)19-24(22)16(4,5)6/h13,18-19H,7-12H2,1-6H3/t13-,24-/m1/s1. The Kier molecular flexibility index (Phi) is 5.79. The molecule has 7 heteroatoms. The molecule has 2 atom stereocenters. The van der Waals surface area contributed by atoms with Crippen LogP contribution in [0, 0.1) is 5.41 Å². The zero-order chi connectivity index (χ0) is 18.2. The van der Waals surface area contributed by atoms with E-state index in [1.165, 1.54) is 0 Å². The molecule has 0 radical (unpaired) electrons. The van der Waals surface area contributed by atoms with Gasteiger partial charge in [-0.25, -0.2) is 4.79 Å². The molecule has 0 aromatic heterocycles. The van der Waals surface area contributed by atoms with Gasteiger partial charge in [-0.3, -0.25) is 0 Å². The van der Waals surface area contributed by atoms with Gasteiger partial charge in [-0.1, -0.05) is 0 Å².